The van der Waals surface area contributed by atoms with E-state index in [1.807, 2.05) is 10.7 Å². The van der Waals surface area contributed by atoms with Gasteiger partial charge in [0.05, 0.1) is 10.2 Å². The Morgan fingerprint density at radius 2 is 2.00 bits per heavy atom. The molecule has 2 heterocycles. The second-order valence-electron chi connectivity index (χ2n) is 5.69. The first-order valence-corrected chi connectivity index (χ1v) is 7.77. The molecule has 0 bridgehead atoms. The molecule has 0 saturated heterocycles. The number of rotatable bonds is 3. The first-order valence-electron chi connectivity index (χ1n) is 6.60. The lowest BCUT2D eigenvalue weighted by molar-refractivity contribution is 0.562. The lowest BCUT2D eigenvalue weighted by Crippen LogP contribution is -2.16. The van der Waals surface area contributed by atoms with Gasteiger partial charge in [-0.3, -0.25) is 4.68 Å². The monoisotopic (exact) mass is 356 g/mol. The third-order valence-corrected chi connectivity index (χ3v) is 4.16. The van der Waals surface area contributed by atoms with Gasteiger partial charge in [0.2, 0.25) is 0 Å². The highest BCUT2D eigenvalue weighted by Gasteiger charge is 2.23. The van der Waals surface area contributed by atoms with Gasteiger partial charge in [0.15, 0.2) is 5.82 Å². The standard InChI is InChI=1S/C14H18BrClN4/c1-5-8-20-9(6-7-17-20)13-18-11(14(2,3)4)10(15)12(16)19-13/h6-7H,5,8H2,1-4H3. The van der Waals surface area contributed by atoms with E-state index in [9.17, 15) is 0 Å². The van der Waals surface area contributed by atoms with Crippen molar-refractivity contribution >= 4 is 27.5 Å². The van der Waals surface area contributed by atoms with E-state index in [4.69, 9.17) is 11.6 Å². The van der Waals surface area contributed by atoms with E-state index in [1.165, 1.54) is 0 Å². The highest BCUT2D eigenvalue weighted by atomic mass is 79.9. The van der Waals surface area contributed by atoms with E-state index in [0.717, 1.165) is 28.8 Å². The molecular formula is C14H18BrClN4. The van der Waals surface area contributed by atoms with E-state index in [-0.39, 0.29) is 5.41 Å². The summed E-state index contributed by atoms with van der Waals surface area (Å²) in [6.45, 7) is 9.25. The second kappa shape index (κ2) is 5.82. The molecule has 0 aliphatic rings. The van der Waals surface area contributed by atoms with Crippen molar-refractivity contribution in [3.05, 3.63) is 27.6 Å². The summed E-state index contributed by atoms with van der Waals surface area (Å²) in [5.74, 6) is 0.620. The van der Waals surface area contributed by atoms with Crippen LogP contribution in [0.5, 0.6) is 0 Å². The predicted octanol–water partition coefficient (Wildman–Crippen LogP) is 4.46. The SMILES string of the molecule is CCCn1nccc1-c1nc(Cl)c(Br)c(C(C)(C)C)n1. The molecule has 0 aromatic carbocycles. The Balaban J connectivity index is 2.58. The highest BCUT2D eigenvalue weighted by Crippen LogP contribution is 2.34. The third kappa shape index (κ3) is 3.04. The van der Waals surface area contributed by atoms with Crippen LogP contribution in [0.4, 0.5) is 0 Å². The second-order valence-corrected chi connectivity index (χ2v) is 6.84. The van der Waals surface area contributed by atoms with E-state index >= 15 is 0 Å². The molecule has 0 fully saturated rings. The molecule has 108 valence electrons. The quantitative estimate of drug-likeness (QED) is 0.762. The zero-order valence-corrected chi connectivity index (χ0v) is 14.5. The fraction of sp³-hybridized carbons (Fsp3) is 0.500. The molecule has 2 aromatic rings. The molecule has 4 nitrogen and oxygen atoms in total. The molecule has 0 amide bonds. The fourth-order valence-electron chi connectivity index (χ4n) is 1.94. The Hall–Kier alpha value is -0.940. The molecule has 2 aromatic heterocycles. The van der Waals surface area contributed by atoms with Crippen LogP contribution in [-0.4, -0.2) is 19.7 Å². The van der Waals surface area contributed by atoms with Crippen molar-refractivity contribution in [2.45, 2.75) is 46.1 Å². The highest BCUT2D eigenvalue weighted by molar-refractivity contribution is 9.10. The van der Waals surface area contributed by atoms with Crippen molar-refractivity contribution in [2.24, 2.45) is 0 Å². The van der Waals surface area contributed by atoms with Gasteiger partial charge in [0, 0.05) is 18.2 Å². The van der Waals surface area contributed by atoms with Crippen molar-refractivity contribution < 1.29 is 0 Å². The molecule has 0 spiro atoms. The molecule has 6 heteroatoms. The zero-order valence-electron chi connectivity index (χ0n) is 12.1. The van der Waals surface area contributed by atoms with E-state index in [2.05, 4.69) is 58.7 Å². The van der Waals surface area contributed by atoms with Gasteiger partial charge in [-0.1, -0.05) is 39.3 Å². The smallest absolute Gasteiger partial charge is 0.179 e. The Bertz CT molecular complexity index is 616. The van der Waals surface area contributed by atoms with Crippen LogP contribution in [-0.2, 0) is 12.0 Å². The number of nitrogens with zero attached hydrogens (tertiary/aromatic N) is 4. The zero-order chi connectivity index (χ0) is 14.9. The van der Waals surface area contributed by atoms with E-state index in [0.29, 0.717) is 11.0 Å². The number of hydrogen-bond acceptors (Lipinski definition) is 3. The minimum atomic E-state index is -0.115. The summed E-state index contributed by atoms with van der Waals surface area (Å²) >= 11 is 9.73. The third-order valence-electron chi connectivity index (χ3n) is 2.90. The Labute approximate surface area is 132 Å². The Morgan fingerprint density at radius 1 is 1.30 bits per heavy atom. The van der Waals surface area contributed by atoms with Crippen molar-refractivity contribution in [2.75, 3.05) is 0 Å². The summed E-state index contributed by atoms with van der Waals surface area (Å²) < 4.78 is 2.67. The average Bonchev–Trinajstić information content (AvgIpc) is 2.79. The Kier molecular flexibility index (Phi) is 4.49. The molecule has 2 rings (SSSR count). The molecule has 0 atom stereocenters. The fourth-order valence-corrected chi connectivity index (χ4v) is 2.89. The van der Waals surface area contributed by atoms with Crippen molar-refractivity contribution in [1.82, 2.24) is 19.7 Å². The summed E-state index contributed by atoms with van der Waals surface area (Å²) in [6.07, 6.45) is 2.77. The van der Waals surface area contributed by atoms with Crippen molar-refractivity contribution in [1.29, 1.82) is 0 Å². The van der Waals surface area contributed by atoms with Gasteiger partial charge in [0.1, 0.15) is 10.8 Å². The molecular weight excluding hydrogens is 340 g/mol. The number of hydrogen-bond donors (Lipinski definition) is 0. The number of aryl methyl sites for hydroxylation is 1. The lowest BCUT2D eigenvalue weighted by Gasteiger charge is -2.20. The first kappa shape index (κ1) is 15.4. The van der Waals surface area contributed by atoms with Gasteiger partial charge in [0.25, 0.3) is 0 Å². The summed E-state index contributed by atoms with van der Waals surface area (Å²) in [5, 5.41) is 4.74. The van der Waals surface area contributed by atoms with Crippen LogP contribution in [0.25, 0.3) is 11.5 Å². The van der Waals surface area contributed by atoms with Crippen LogP contribution in [0.3, 0.4) is 0 Å². The molecule has 20 heavy (non-hydrogen) atoms. The summed E-state index contributed by atoms with van der Waals surface area (Å²) in [4.78, 5) is 9.07. The number of halogens is 2. The minimum absolute atomic E-state index is 0.115. The molecule has 0 radical (unpaired) electrons. The van der Waals surface area contributed by atoms with Gasteiger partial charge in [-0.2, -0.15) is 5.10 Å². The average molecular weight is 358 g/mol. The lowest BCUT2D eigenvalue weighted by atomic mass is 9.92. The number of aromatic nitrogens is 4. The molecule has 0 aliphatic heterocycles. The summed E-state index contributed by atoms with van der Waals surface area (Å²) in [5.41, 5.74) is 1.68. The molecule has 0 N–H and O–H groups in total. The van der Waals surface area contributed by atoms with Crippen LogP contribution in [0, 0.1) is 0 Å². The van der Waals surface area contributed by atoms with Gasteiger partial charge in [-0.15, -0.1) is 0 Å². The van der Waals surface area contributed by atoms with E-state index < -0.39 is 0 Å². The van der Waals surface area contributed by atoms with Crippen molar-refractivity contribution in [3.63, 3.8) is 0 Å². The topological polar surface area (TPSA) is 43.6 Å². The molecule has 0 aliphatic carbocycles. The van der Waals surface area contributed by atoms with Gasteiger partial charge in [-0.05, 0) is 28.4 Å². The van der Waals surface area contributed by atoms with Crippen LogP contribution >= 0.6 is 27.5 Å². The van der Waals surface area contributed by atoms with Gasteiger partial charge < -0.3 is 0 Å². The first-order chi connectivity index (χ1) is 9.34. The van der Waals surface area contributed by atoms with Crippen LogP contribution in [0.15, 0.2) is 16.7 Å². The minimum Gasteiger partial charge on any atom is -0.262 e. The molecule has 0 unspecified atom stereocenters. The Morgan fingerprint density at radius 3 is 2.60 bits per heavy atom. The summed E-state index contributed by atoms with van der Waals surface area (Å²) in [6, 6.07) is 1.92. The molecule has 0 saturated carbocycles. The van der Waals surface area contributed by atoms with Crippen molar-refractivity contribution in [3.8, 4) is 11.5 Å². The predicted molar refractivity (Wildman–Crippen MR) is 85.0 cm³/mol. The maximum absolute atomic E-state index is 6.24. The van der Waals surface area contributed by atoms with Crippen LogP contribution < -0.4 is 0 Å². The van der Waals surface area contributed by atoms with Crippen LogP contribution in [0.2, 0.25) is 5.15 Å². The van der Waals surface area contributed by atoms with E-state index in [1.54, 1.807) is 6.20 Å². The normalized spacial score (nSPS) is 11.9. The largest absolute Gasteiger partial charge is 0.262 e. The summed E-state index contributed by atoms with van der Waals surface area (Å²) in [7, 11) is 0. The van der Waals surface area contributed by atoms with Gasteiger partial charge in [-0.25, -0.2) is 9.97 Å². The van der Waals surface area contributed by atoms with Gasteiger partial charge >= 0.3 is 0 Å². The maximum Gasteiger partial charge on any atom is 0.179 e. The maximum atomic E-state index is 6.24. The van der Waals surface area contributed by atoms with Crippen LogP contribution in [0.1, 0.15) is 39.8 Å².